The minimum atomic E-state index is -0.705. The highest BCUT2D eigenvalue weighted by Crippen LogP contribution is 2.34. The molecule has 164 valence electrons. The maximum absolute atomic E-state index is 12.1. The minimum Gasteiger partial charge on any atom is -0.475 e. The number of nitrogens with two attached hydrogens (primary N) is 1. The molecule has 1 fully saturated rings. The zero-order valence-corrected chi connectivity index (χ0v) is 18.3. The number of hydrogen-bond donors (Lipinski definition) is 1. The number of nitrogens with zero attached hydrogens (tertiary/aromatic N) is 5. The lowest BCUT2D eigenvalue weighted by Crippen LogP contribution is -2.40. The number of likely N-dealkylation sites (tertiary alicyclic amines) is 1. The Hall–Kier alpha value is -3.86. The van der Waals surface area contributed by atoms with Crippen LogP contribution in [0.4, 0.5) is 5.82 Å². The van der Waals surface area contributed by atoms with Crippen molar-refractivity contribution in [2.75, 3.05) is 18.8 Å². The molecule has 0 saturated carbocycles. The molecule has 0 spiro atoms. The molecule has 3 aromatic rings. The highest BCUT2D eigenvalue weighted by atomic mass is 16.5. The predicted molar refractivity (Wildman–Crippen MR) is 124 cm³/mol. The molecule has 1 unspecified atom stereocenters. The monoisotopic (exact) mass is 430 g/mol. The summed E-state index contributed by atoms with van der Waals surface area (Å²) in [4.78, 5) is 22.6. The summed E-state index contributed by atoms with van der Waals surface area (Å²) in [6.45, 7) is 8.51. The lowest BCUT2D eigenvalue weighted by Gasteiger charge is -2.32. The van der Waals surface area contributed by atoms with Crippen molar-refractivity contribution >= 4 is 22.8 Å². The number of fused-ring (bicyclic) bond motifs is 1. The third-order valence-electron chi connectivity index (χ3n) is 5.60. The van der Waals surface area contributed by atoms with Gasteiger partial charge in [0.15, 0.2) is 11.2 Å². The molecule has 0 bridgehead atoms. The molecule has 1 aliphatic rings. The second-order valence-corrected chi connectivity index (χ2v) is 8.32. The van der Waals surface area contributed by atoms with Crippen molar-refractivity contribution in [3.05, 3.63) is 43.2 Å². The van der Waals surface area contributed by atoms with Gasteiger partial charge in [-0.2, -0.15) is 5.10 Å². The number of carbonyl (C=O) groups is 1. The topological polar surface area (TPSA) is 99.2 Å². The van der Waals surface area contributed by atoms with Crippen LogP contribution in [0.1, 0.15) is 32.7 Å². The van der Waals surface area contributed by atoms with Crippen LogP contribution in [-0.2, 0) is 4.79 Å². The van der Waals surface area contributed by atoms with E-state index in [1.807, 2.05) is 42.8 Å². The summed E-state index contributed by atoms with van der Waals surface area (Å²) in [5.74, 6) is 3.56. The lowest BCUT2D eigenvalue weighted by atomic mass is 10.1. The molecule has 8 heteroatoms. The van der Waals surface area contributed by atoms with E-state index in [-0.39, 0.29) is 11.9 Å². The van der Waals surface area contributed by atoms with Gasteiger partial charge in [-0.05, 0) is 57.0 Å². The van der Waals surface area contributed by atoms with E-state index in [0.717, 1.165) is 18.4 Å². The fourth-order valence-corrected chi connectivity index (χ4v) is 3.94. The van der Waals surface area contributed by atoms with Gasteiger partial charge in [0.1, 0.15) is 23.6 Å². The second kappa shape index (κ2) is 8.35. The van der Waals surface area contributed by atoms with Crippen molar-refractivity contribution in [2.45, 2.75) is 38.3 Å². The Morgan fingerprint density at radius 1 is 1.34 bits per heavy atom. The predicted octanol–water partition coefficient (Wildman–Crippen LogP) is 3.22. The van der Waals surface area contributed by atoms with Crippen molar-refractivity contribution in [2.24, 2.45) is 0 Å². The van der Waals surface area contributed by atoms with E-state index in [0.29, 0.717) is 41.4 Å². The third-order valence-corrected chi connectivity index (χ3v) is 5.60. The van der Waals surface area contributed by atoms with Gasteiger partial charge >= 0.3 is 0 Å². The summed E-state index contributed by atoms with van der Waals surface area (Å²) in [5.41, 5.74) is 7.73. The molecule has 1 amide bonds. The number of rotatable bonds is 5. The van der Waals surface area contributed by atoms with Gasteiger partial charge in [-0.3, -0.25) is 4.79 Å². The van der Waals surface area contributed by atoms with E-state index >= 15 is 0 Å². The van der Waals surface area contributed by atoms with Crippen LogP contribution in [-0.4, -0.2) is 49.2 Å². The molecule has 1 atom stereocenters. The summed E-state index contributed by atoms with van der Waals surface area (Å²) in [7, 11) is 0. The summed E-state index contributed by atoms with van der Waals surface area (Å²) < 4.78 is 7.71. The van der Waals surface area contributed by atoms with Gasteiger partial charge < -0.3 is 15.4 Å². The largest absolute Gasteiger partial charge is 0.475 e. The van der Waals surface area contributed by atoms with Gasteiger partial charge in [0, 0.05) is 18.7 Å². The van der Waals surface area contributed by atoms with E-state index in [1.54, 1.807) is 4.90 Å². The molecule has 4 rings (SSSR count). The van der Waals surface area contributed by atoms with E-state index in [9.17, 15) is 4.79 Å². The molecule has 8 nitrogen and oxygen atoms in total. The van der Waals surface area contributed by atoms with Crippen molar-refractivity contribution < 1.29 is 9.53 Å². The van der Waals surface area contributed by atoms with Crippen molar-refractivity contribution in [3.8, 4) is 29.4 Å². The summed E-state index contributed by atoms with van der Waals surface area (Å²) in [6, 6.07) is 7.51. The Bertz CT molecular complexity index is 1210. The zero-order valence-electron chi connectivity index (χ0n) is 18.3. The number of amides is 1. The molecule has 3 heterocycles. The van der Waals surface area contributed by atoms with Crippen LogP contribution in [0.3, 0.4) is 0 Å². The smallest absolute Gasteiger partial charge is 0.246 e. The molecule has 2 aromatic heterocycles. The number of anilines is 1. The van der Waals surface area contributed by atoms with E-state index < -0.39 is 5.60 Å². The zero-order chi connectivity index (χ0) is 22.9. The van der Waals surface area contributed by atoms with Crippen LogP contribution in [0.25, 0.3) is 22.3 Å². The Morgan fingerprint density at radius 3 is 2.78 bits per heavy atom. The van der Waals surface area contributed by atoms with Crippen molar-refractivity contribution in [1.29, 1.82) is 0 Å². The van der Waals surface area contributed by atoms with Crippen LogP contribution in [0.15, 0.2) is 43.2 Å². The fraction of sp³-hybridized carbons (Fsp3) is 0.333. The van der Waals surface area contributed by atoms with Crippen LogP contribution >= 0.6 is 0 Å². The van der Waals surface area contributed by atoms with Crippen molar-refractivity contribution in [1.82, 2.24) is 24.6 Å². The first-order chi connectivity index (χ1) is 15.3. The van der Waals surface area contributed by atoms with Gasteiger partial charge in [-0.15, -0.1) is 6.42 Å². The average molecular weight is 431 g/mol. The quantitative estimate of drug-likeness (QED) is 0.493. The summed E-state index contributed by atoms with van der Waals surface area (Å²) in [6.07, 6.45) is 10.1. The Kier molecular flexibility index (Phi) is 5.57. The number of nitrogen functional groups attached to an aromatic ring is 1. The maximum atomic E-state index is 12.1. The minimum absolute atomic E-state index is 0.0164. The SMILES string of the molecule is C#CC(C)(C)Oc1ccc(-c2nn(C3CCCN(C(=O)C=C)C3)c3ncnc(N)c23)cc1. The first-order valence-electron chi connectivity index (χ1n) is 10.5. The van der Waals surface area contributed by atoms with E-state index in [4.69, 9.17) is 22.0 Å². The average Bonchev–Trinajstić information content (AvgIpc) is 3.20. The van der Waals surface area contributed by atoms with Gasteiger partial charge in [-0.1, -0.05) is 12.5 Å². The molecular weight excluding hydrogens is 404 g/mol. The third kappa shape index (κ3) is 4.02. The van der Waals surface area contributed by atoms with Crippen LogP contribution < -0.4 is 10.5 Å². The van der Waals surface area contributed by atoms with E-state index in [2.05, 4.69) is 22.5 Å². The number of terminal acetylenes is 1. The van der Waals surface area contributed by atoms with Gasteiger partial charge in [0.25, 0.3) is 0 Å². The second-order valence-electron chi connectivity index (χ2n) is 8.32. The molecule has 32 heavy (non-hydrogen) atoms. The lowest BCUT2D eigenvalue weighted by molar-refractivity contribution is -0.127. The van der Waals surface area contributed by atoms with Crippen LogP contribution in [0.5, 0.6) is 5.75 Å². The normalized spacial score (nSPS) is 16.5. The number of ether oxygens (including phenoxy) is 1. The summed E-state index contributed by atoms with van der Waals surface area (Å²) in [5, 5.41) is 5.57. The van der Waals surface area contributed by atoms with Gasteiger partial charge in [-0.25, -0.2) is 14.6 Å². The Morgan fingerprint density at radius 2 is 2.09 bits per heavy atom. The Labute approximate surface area is 187 Å². The number of hydrogen-bond acceptors (Lipinski definition) is 6. The number of benzene rings is 1. The molecule has 0 aliphatic carbocycles. The first kappa shape index (κ1) is 21.4. The molecule has 1 saturated heterocycles. The van der Waals surface area contributed by atoms with Crippen molar-refractivity contribution in [3.63, 3.8) is 0 Å². The molecule has 1 aliphatic heterocycles. The van der Waals surface area contributed by atoms with Crippen LogP contribution in [0.2, 0.25) is 0 Å². The number of aromatic nitrogens is 4. The summed E-state index contributed by atoms with van der Waals surface area (Å²) >= 11 is 0. The Balaban J connectivity index is 1.73. The number of carbonyl (C=O) groups excluding carboxylic acids is 1. The number of piperidine rings is 1. The standard InChI is InChI=1S/C24H26N6O2/c1-5-19(31)29-13-7-8-17(14-29)30-23-20(22(25)26-15-27-23)21(28-30)16-9-11-18(12-10-16)32-24(3,4)6-2/h2,5,9-12,15,17H,1,7-8,13-14H2,3-4H3,(H2,25,26,27). The highest BCUT2D eigenvalue weighted by Gasteiger charge is 2.28. The van der Waals surface area contributed by atoms with Gasteiger partial charge in [0.05, 0.1) is 11.4 Å². The first-order valence-corrected chi connectivity index (χ1v) is 10.5. The van der Waals surface area contributed by atoms with E-state index in [1.165, 1.54) is 12.4 Å². The molecule has 0 radical (unpaired) electrons. The van der Waals surface area contributed by atoms with Gasteiger partial charge in [0.2, 0.25) is 5.91 Å². The highest BCUT2D eigenvalue weighted by molar-refractivity contribution is 5.98. The molecule has 2 N–H and O–H groups in total. The molecular formula is C24H26N6O2. The maximum Gasteiger partial charge on any atom is 0.246 e. The fourth-order valence-electron chi connectivity index (χ4n) is 3.94. The molecule has 1 aromatic carbocycles. The van der Waals surface area contributed by atoms with Crippen LogP contribution in [0, 0.1) is 12.3 Å².